The van der Waals surface area contributed by atoms with Crippen LogP contribution >= 0.6 is 11.8 Å². The van der Waals surface area contributed by atoms with Gasteiger partial charge >= 0.3 is 0 Å². The lowest BCUT2D eigenvalue weighted by Crippen LogP contribution is -2.35. The molecule has 0 aromatic carbocycles. The normalized spacial score (nSPS) is 23.3. The zero-order chi connectivity index (χ0) is 13.8. The number of nitrogens with zero attached hydrogens (tertiary/aromatic N) is 2. The monoisotopic (exact) mass is 280 g/mol. The largest absolute Gasteiger partial charge is 0.383 e. The van der Waals surface area contributed by atoms with Gasteiger partial charge in [-0.15, -0.1) is 0 Å². The smallest absolute Gasteiger partial charge is 0.135 e. The highest BCUT2D eigenvalue weighted by atomic mass is 32.2. The molecule has 0 amide bonds. The van der Waals surface area contributed by atoms with Crippen molar-refractivity contribution < 1.29 is 0 Å². The second kappa shape index (κ2) is 6.46. The van der Waals surface area contributed by atoms with Gasteiger partial charge in [0, 0.05) is 23.3 Å². The lowest BCUT2D eigenvalue weighted by molar-refractivity contribution is 0.474. The van der Waals surface area contributed by atoms with E-state index in [0.717, 1.165) is 23.6 Å². The summed E-state index contributed by atoms with van der Waals surface area (Å²) in [5, 5.41) is 4.29. The summed E-state index contributed by atoms with van der Waals surface area (Å²) in [7, 11) is 0. The molecule has 2 atom stereocenters. The van der Waals surface area contributed by atoms with Crippen LogP contribution in [0.3, 0.4) is 0 Å². The summed E-state index contributed by atoms with van der Waals surface area (Å²) in [6.45, 7) is 4.05. The Kier molecular flexibility index (Phi) is 4.91. The molecule has 1 heterocycles. The zero-order valence-corrected chi connectivity index (χ0v) is 12.9. The quantitative estimate of drug-likeness (QED) is 0.887. The van der Waals surface area contributed by atoms with Crippen molar-refractivity contribution in [2.45, 2.75) is 57.2 Å². The van der Waals surface area contributed by atoms with Crippen LogP contribution in [0.1, 0.15) is 44.0 Å². The molecule has 0 radical (unpaired) electrons. The van der Waals surface area contributed by atoms with Gasteiger partial charge in [0.2, 0.25) is 0 Å². The van der Waals surface area contributed by atoms with E-state index in [0.29, 0.717) is 17.1 Å². The maximum atomic E-state index is 5.97. The number of nitrogens with one attached hydrogen (secondary N) is 1. The highest BCUT2D eigenvalue weighted by molar-refractivity contribution is 7.99. The molecule has 106 valence electrons. The van der Waals surface area contributed by atoms with Crippen LogP contribution in [0.4, 0.5) is 11.6 Å². The third-order valence-electron chi connectivity index (χ3n) is 3.87. The molecule has 5 heteroatoms. The molecule has 1 saturated carbocycles. The van der Waals surface area contributed by atoms with Gasteiger partial charge < -0.3 is 11.1 Å². The average Bonchev–Trinajstić information content (AvgIpc) is 2.44. The summed E-state index contributed by atoms with van der Waals surface area (Å²) in [5.74, 6) is 2.35. The summed E-state index contributed by atoms with van der Waals surface area (Å²) in [4.78, 5) is 8.91. The van der Waals surface area contributed by atoms with Crippen molar-refractivity contribution in [1.29, 1.82) is 0 Å². The minimum absolute atomic E-state index is 0.501. The van der Waals surface area contributed by atoms with Crippen LogP contribution in [0, 0.1) is 6.92 Å². The SMILES string of the molecule is CCc1nc(N)c(C)c(NC2CCCCC2SC)n1. The van der Waals surface area contributed by atoms with Gasteiger partial charge in [-0.1, -0.05) is 19.8 Å². The van der Waals surface area contributed by atoms with Crippen molar-refractivity contribution in [3.63, 3.8) is 0 Å². The van der Waals surface area contributed by atoms with Crippen LogP contribution in [0.2, 0.25) is 0 Å². The van der Waals surface area contributed by atoms with E-state index in [9.17, 15) is 0 Å². The van der Waals surface area contributed by atoms with Crippen molar-refractivity contribution in [3.05, 3.63) is 11.4 Å². The summed E-state index contributed by atoms with van der Waals surface area (Å²) in [6.07, 6.45) is 8.16. The van der Waals surface area contributed by atoms with E-state index in [1.165, 1.54) is 25.7 Å². The Morgan fingerprint density at radius 2 is 2.05 bits per heavy atom. The van der Waals surface area contributed by atoms with Gasteiger partial charge in [-0.3, -0.25) is 0 Å². The molecule has 1 fully saturated rings. The molecule has 0 bridgehead atoms. The fraction of sp³-hybridized carbons (Fsp3) is 0.714. The van der Waals surface area contributed by atoms with Gasteiger partial charge in [0.25, 0.3) is 0 Å². The van der Waals surface area contributed by atoms with Crippen LogP contribution in [-0.4, -0.2) is 27.5 Å². The van der Waals surface area contributed by atoms with Crippen LogP contribution < -0.4 is 11.1 Å². The number of anilines is 2. The molecule has 3 N–H and O–H groups in total. The highest BCUT2D eigenvalue weighted by Crippen LogP contribution is 2.30. The Hall–Kier alpha value is -0.970. The molecule has 0 saturated heterocycles. The third-order valence-corrected chi connectivity index (χ3v) is 5.04. The predicted octanol–water partition coefficient (Wildman–Crippen LogP) is 3.02. The molecular formula is C14H24N4S. The number of aryl methyl sites for hydroxylation is 1. The van der Waals surface area contributed by atoms with Gasteiger partial charge in [0.05, 0.1) is 0 Å². The standard InChI is InChI=1S/C14H24N4S/c1-4-12-17-13(15)9(2)14(18-12)16-10-7-5-6-8-11(10)19-3/h10-11H,4-8H2,1-3H3,(H3,15,16,17,18). The van der Waals surface area contributed by atoms with Crippen LogP contribution in [0.15, 0.2) is 0 Å². The molecular weight excluding hydrogens is 256 g/mol. The number of nitrogens with two attached hydrogens (primary N) is 1. The maximum absolute atomic E-state index is 5.97. The Bertz CT molecular complexity index is 436. The van der Waals surface area contributed by atoms with E-state index >= 15 is 0 Å². The Morgan fingerprint density at radius 1 is 1.32 bits per heavy atom. The first-order valence-electron chi connectivity index (χ1n) is 7.08. The average molecular weight is 280 g/mol. The first-order valence-corrected chi connectivity index (χ1v) is 8.36. The van der Waals surface area contributed by atoms with E-state index in [1.807, 2.05) is 18.7 Å². The lowest BCUT2D eigenvalue weighted by atomic mass is 9.94. The van der Waals surface area contributed by atoms with Crippen molar-refractivity contribution in [2.75, 3.05) is 17.3 Å². The number of nitrogen functional groups attached to an aromatic ring is 1. The van der Waals surface area contributed by atoms with Gasteiger partial charge in [-0.2, -0.15) is 11.8 Å². The van der Waals surface area contributed by atoms with Gasteiger partial charge in [0.1, 0.15) is 17.5 Å². The Labute approximate surface area is 120 Å². The molecule has 1 aliphatic carbocycles. The van der Waals surface area contributed by atoms with E-state index in [4.69, 9.17) is 5.73 Å². The summed E-state index contributed by atoms with van der Waals surface area (Å²) >= 11 is 1.96. The summed E-state index contributed by atoms with van der Waals surface area (Å²) < 4.78 is 0. The molecule has 1 aromatic rings. The molecule has 19 heavy (non-hydrogen) atoms. The zero-order valence-electron chi connectivity index (χ0n) is 12.1. The molecule has 2 rings (SSSR count). The first-order chi connectivity index (χ1) is 9.15. The number of aromatic nitrogens is 2. The van der Waals surface area contributed by atoms with Crippen molar-refractivity contribution in [2.24, 2.45) is 0 Å². The number of thioether (sulfide) groups is 1. The first kappa shape index (κ1) is 14.4. The summed E-state index contributed by atoms with van der Waals surface area (Å²) in [5.41, 5.74) is 6.95. The maximum Gasteiger partial charge on any atom is 0.135 e. The number of hydrogen-bond donors (Lipinski definition) is 2. The minimum atomic E-state index is 0.501. The van der Waals surface area contributed by atoms with Crippen molar-refractivity contribution in [1.82, 2.24) is 9.97 Å². The molecule has 4 nitrogen and oxygen atoms in total. The fourth-order valence-corrected chi connectivity index (χ4v) is 3.54. The molecule has 2 unspecified atom stereocenters. The van der Waals surface area contributed by atoms with Crippen molar-refractivity contribution >= 4 is 23.4 Å². The second-order valence-corrected chi connectivity index (χ2v) is 6.24. The second-order valence-electron chi connectivity index (χ2n) is 5.16. The topological polar surface area (TPSA) is 63.8 Å². The van der Waals surface area contributed by atoms with Crippen LogP contribution in [0.25, 0.3) is 0 Å². The minimum Gasteiger partial charge on any atom is -0.383 e. The number of hydrogen-bond acceptors (Lipinski definition) is 5. The van der Waals surface area contributed by atoms with E-state index in [1.54, 1.807) is 0 Å². The van der Waals surface area contributed by atoms with Crippen LogP contribution in [-0.2, 0) is 6.42 Å². The van der Waals surface area contributed by atoms with Gasteiger partial charge in [0.15, 0.2) is 0 Å². The number of rotatable bonds is 4. The fourth-order valence-electron chi connectivity index (χ4n) is 2.60. The Balaban J connectivity index is 2.19. The predicted molar refractivity (Wildman–Crippen MR) is 83.7 cm³/mol. The molecule has 1 aliphatic rings. The highest BCUT2D eigenvalue weighted by Gasteiger charge is 2.25. The van der Waals surface area contributed by atoms with E-state index in [2.05, 4.69) is 28.5 Å². The molecule has 0 aliphatic heterocycles. The molecule has 0 spiro atoms. The van der Waals surface area contributed by atoms with Crippen LogP contribution in [0.5, 0.6) is 0 Å². The lowest BCUT2D eigenvalue weighted by Gasteiger charge is -2.31. The Morgan fingerprint density at radius 3 is 2.74 bits per heavy atom. The van der Waals surface area contributed by atoms with E-state index in [-0.39, 0.29) is 0 Å². The molecule has 1 aromatic heterocycles. The van der Waals surface area contributed by atoms with E-state index < -0.39 is 0 Å². The van der Waals surface area contributed by atoms with Gasteiger partial charge in [-0.05, 0) is 26.0 Å². The van der Waals surface area contributed by atoms with Crippen molar-refractivity contribution in [3.8, 4) is 0 Å². The third kappa shape index (κ3) is 3.32. The summed E-state index contributed by atoms with van der Waals surface area (Å²) in [6, 6.07) is 0.501. The van der Waals surface area contributed by atoms with Gasteiger partial charge in [-0.25, -0.2) is 9.97 Å².